The van der Waals surface area contributed by atoms with E-state index in [2.05, 4.69) is 0 Å². The Labute approximate surface area is 239 Å². The normalized spacial score (nSPS) is 9.08. The molecule has 0 radical (unpaired) electrons. The fourth-order valence-electron chi connectivity index (χ4n) is 2.18. The number of aromatic carboxylic acids is 3. The van der Waals surface area contributed by atoms with Gasteiger partial charge in [-0.25, -0.2) is 14.4 Å². The van der Waals surface area contributed by atoms with Crippen LogP contribution >= 0.6 is 0 Å². The van der Waals surface area contributed by atoms with Gasteiger partial charge in [0.15, 0.2) is 0 Å². The minimum Gasteiger partial charge on any atom is -0.478 e. The summed E-state index contributed by atoms with van der Waals surface area (Å²) in [7, 11) is 0. The number of carbonyl (C=O) groups is 3. The van der Waals surface area contributed by atoms with Crippen LogP contribution < -0.4 is 0 Å². The number of benzene rings is 3. The number of hydrogen-bond acceptors (Lipinski definition) is 9. The Bertz CT molecular complexity index is 1020. The Morgan fingerprint density at radius 3 is 0.730 bits per heavy atom. The number of hydrogen-bond donors (Lipinski definition) is 3. The predicted molar refractivity (Wildman–Crippen MR) is 120 cm³/mol. The first-order valence-corrected chi connectivity index (χ1v) is 9.26. The van der Waals surface area contributed by atoms with Gasteiger partial charge in [0, 0.05) is 77.2 Å². The largest absolute Gasteiger partial charge is 0.478 e. The molecule has 0 aromatic heterocycles. The molecule has 3 aromatic carbocycles. The molecule has 0 amide bonds. The zero-order chi connectivity index (χ0) is 27.4. The van der Waals surface area contributed by atoms with E-state index in [1.165, 1.54) is 36.4 Å². The zero-order valence-electron chi connectivity index (χ0n) is 18.3. The monoisotopic (exact) mass is 643 g/mol. The van der Waals surface area contributed by atoms with Crippen LogP contribution in [0, 0.1) is 71.2 Å². The van der Waals surface area contributed by atoms with Crippen molar-refractivity contribution < 1.29 is 85.3 Å². The molecule has 16 heteroatoms. The van der Waals surface area contributed by atoms with Gasteiger partial charge in [-0.1, -0.05) is 0 Å². The summed E-state index contributed by atoms with van der Waals surface area (Å²) in [5.41, 5.74) is -0.207. The molecule has 0 atom stereocenters. The van der Waals surface area contributed by atoms with Crippen LogP contribution in [-0.4, -0.2) is 48.0 Å². The van der Waals surface area contributed by atoms with E-state index in [1.54, 1.807) is 0 Å². The van der Waals surface area contributed by atoms with Gasteiger partial charge < -0.3 is 15.3 Å². The molecule has 0 saturated heterocycles. The second-order valence-corrected chi connectivity index (χ2v) is 6.33. The van der Waals surface area contributed by atoms with Crippen LogP contribution in [0.15, 0.2) is 72.8 Å². The summed E-state index contributed by atoms with van der Waals surface area (Å²) < 4.78 is 0. The Morgan fingerprint density at radius 1 is 0.459 bits per heavy atom. The van der Waals surface area contributed by atoms with Crippen LogP contribution in [0.2, 0.25) is 0 Å². The third-order valence-corrected chi connectivity index (χ3v) is 3.98. The van der Waals surface area contributed by atoms with Crippen molar-refractivity contribution in [2.45, 2.75) is 0 Å². The van der Waals surface area contributed by atoms with Crippen molar-refractivity contribution >= 4 is 35.0 Å². The molecule has 0 aliphatic rings. The molecule has 0 heterocycles. The van der Waals surface area contributed by atoms with Gasteiger partial charge in [0.1, 0.15) is 0 Å². The van der Waals surface area contributed by atoms with Crippen LogP contribution in [0.3, 0.4) is 0 Å². The number of nitro groups is 3. The maximum Gasteiger partial charge on any atom is 0.335 e. The van der Waals surface area contributed by atoms with Crippen LogP contribution in [0.25, 0.3) is 0 Å². The second-order valence-electron chi connectivity index (χ2n) is 6.33. The van der Waals surface area contributed by atoms with Crippen molar-refractivity contribution in [3.63, 3.8) is 0 Å². The van der Waals surface area contributed by atoms with Gasteiger partial charge >= 0.3 is 17.9 Å². The summed E-state index contributed by atoms with van der Waals surface area (Å²) in [6.45, 7) is 0. The van der Waals surface area contributed by atoms with Gasteiger partial charge in [0.25, 0.3) is 17.1 Å². The Hall–Kier alpha value is -4.38. The molecule has 0 aliphatic carbocycles. The smallest absolute Gasteiger partial charge is 0.335 e. The molecule has 3 aromatic rings. The Morgan fingerprint density at radius 2 is 0.622 bits per heavy atom. The summed E-state index contributed by atoms with van der Waals surface area (Å²) in [5, 5.41) is 55.8. The maximum atomic E-state index is 10.3. The quantitative estimate of drug-likeness (QED) is 0.255. The van der Waals surface area contributed by atoms with Gasteiger partial charge in [-0.2, -0.15) is 0 Å². The SMILES string of the molecule is O=C(O)c1ccc([N+](=O)[O-])cc1.O=C(O)c1ccc([N+](=O)[O-])cc1.O=C(O)c1ccc([N+](=O)[O-])cc1.[Nd]. The van der Waals surface area contributed by atoms with E-state index in [4.69, 9.17) is 15.3 Å². The molecule has 3 N–H and O–H groups in total. The van der Waals surface area contributed by atoms with Crippen molar-refractivity contribution in [2.75, 3.05) is 0 Å². The van der Waals surface area contributed by atoms with Gasteiger partial charge in [-0.15, -0.1) is 0 Å². The predicted octanol–water partition coefficient (Wildman–Crippen LogP) is 3.88. The van der Waals surface area contributed by atoms with E-state index in [-0.39, 0.29) is 74.6 Å². The molecular weight excluding hydrogens is 630 g/mol. The Kier molecular flexibility index (Phi) is 13.7. The van der Waals surface area contributed by atoms with Gasteiger partial charge in [-0.05, 0) is 36.4 Å². The summed E-state index contributed by atoms with van der Waals surface area (Å²) in [5.74, 6) is -3.28. The van der Waals surface area contributed by atoms with E-state index >= 15 is 0 Å². The summed E-state index contributed by atoms with van der Waals surface area (Å²) in [6, 6.07) is 14.1. The van der Waals surface area contributed by atoms with Crippen molar-refractivity contribution in [3.8, 4) is 0 Å². The standard InChI is InChI=1S/3C7H5NO4.Nd/c3*9-7(10)5-1-3-6(4-2-5)8(11)12;/h3*1-4H,(H,9,10);. The van der Waals surface area contributed by atoms with Crippen LogP contribution in [0.5, 0.6) is 0 Å². The fourth-order valence-corrected chi connectivity index (χ4v) is 2.18. The fraction of sp³-hybridized carbons (Fsp3) is 0. The van der Waals surface area contributed by atoms with Crippen LogP contribution in [-0.2, 0) is 0 Å². The summed E-state index contributed by atoms with van der Waals surface area (Å²) in [4.78, 5) is 59.6. The summed E-state index contributed by atoms with van der Waals surface area (Å²) in [6.07, 6.45) is 0. The average Bonchev–Trinajstić information content (AvgIpc) is 2.84. The second kappa shape index (κ2) is 15.6. The molecule has 0 fully saturated rings. The van der Waals surface area contributed by atoms with E-state index < -0.39 is 32.7 Å². The zero-order valence-corrected chi connectivity index (χ0v) is 21.5. The molecule has 0 aliphatic heterocycles. The number of rotatable bonds is 6. The summed E-state index contributed by atoms with van der Waals surface area (Å²) >= 11 is 0. The number of carboxylic acids is 3. The minimum absolute atomic E-state index is 0. The van der Waals surface area contributed by atoms with Gasteiger partial charge in [-0.3, -0.25) is 30.3 Å². The number of carboxylic acid groups (broad SMARTS) is 3. The number of non-ortho nitro benzene ring substituents is 3. The maximum absolute atomic E-state index is 10.3. The number of nitrogens with zero attached hydrogens (tertiary/aromatic N) is 3. The van der Waals surface area contributed by atoms with Crippen molar-refractivity contribution in [3.05, 3.63) is 120 Å². The van der Waals surface area contributed by atoms with Crippen LogP contribution in [0.4, 0.5) is 17.1 Å². The van der Waals surface area contributed by atoms with Crippen LogP contribution in [0.1, 0.15) is 31.1 Å². The molecule has 0 bridgehead atoms. The van der Waals surface area contributed by atoms with Crippen molar-refractivity contribution in [2.24, 2.45) is 0 Å². The first-order valence-electron chi connectivity index (χ1n) is 9.26. The average molecular weight is 646 g/mol. The molecule has 0 spiro atoms. The van der Waals surface area contributed by atoms with E-state index in [1.807, 2.05) is 0 Å². The molecule has 0 saturated carbocycles. The number of nitro benzene ring substituents is 3. The molecule has 190 valence electrons. The van der Waals surface area contributed by atoms with E-state index in [9.17, 15) is 44.7 Å². The molecule has 15 nitrogen and oxygen atoms in total. The first kappa shape index (κ1) is 32.6. The third-order valence-electron chi connectivity index (χ3n) is 3.98. The third kappa shape index (κ3) is 11.3. The van der Waals surface area contributed by atoms with E-state index in [0.29, 0.717) is 0 Å². The van der Waals surface area contributed by atoms with Gasteiger partial charge in [0.05, 0.1) is 31.5 Å². The topological polar surface area (TPSA) is 241 Å². The Balaban J connectivity index is 0.000000518. The molecular formula is C21H15N3NdO12. The van der Waals surface area contributed by atoms with Gasteiger partial charge in [0.2, 0.25) is 0 Å². The molecule has 37 heavy (non-hydrogen) atoms. The molecule has 3 rings (SSSR count). The molecule has 0 unspecified atom stereocenters. The van der Waals surface area contributed by atoms with Crippen molar-refractivity contribution in [1.29, 1.82) is 0 Å². The minimum atomic E-state index is -1.09. The van der Waals surface area contributed by atoms with E-state index in [0.717, 1.165) is 36.4 Å². The first-order chi connectivity index (χ1) is 16.8. The van der Waals surface area contributed by atoms with Crippen molar-refractivity contribution in [1.82, 2.24) is 0 Å².